The van der Waals surface area contributed by atoms with Gasteiger partial charge >= 0.3 is 0 Å². The molecule has 0 spiro atoms. The lowest BCUT2D eigenvalue weighted by molar-refractivity contribution is -0.132. The van der Waals surface area contributed by atoms with Crippen LogP contribution in [0.5, 0.6) is 0 Å². The van der Waals surface area contributed by atoms with Crippen LogP contribution in [0.15, 0.2) is 30.6 Å². The van der Waals surface area contributed by atoms with Crippen LogP contribution in [0.2, 0.25) is 5.02 Å². The molecule has 2 aromatic rings. The fourth-order valence-electron chi connectivity index (χ4n) is 2.86. The Balaban J connectivity index is 1.64. The molecule has 1 aromatic carbocycles. The first-order chi connectivity index (χ1) is 11.7. The van der Waals surface area contributed by atoms with E-state index in [-0.39, 0.29) is 12.5 Å². The normalized spacial score (nSPS) is 14.9. The van der Waals surface area contributed by atoms with Crippen molar-refractivity contribution in [3.8, 4) is 0 Å². The topological polar surface area (TPSA) is 67.2 Å². The lowest BCUT2D eigenvalue weighted by Crippen LogP contribution is -2.39. The monoisotopic (exact) mass is 348 g/mol. The number of likely N-dealkylation sites (tertiary alicyclic amines) is 1. The van der Waals surface area contributed by atoms with Crippen molar-refractivity contribution in [3.05, 3.63) is 41.2 Å². The Bertz CT molecular complexity index is 639. The molecule has 128 valence electrons. The van der Waals surface area contributed by atoms with Crippen molar-refractivity contribution in [1.29, 1.82) is 0 Å². The second-order valence-corrected chi connectivity index (χ2v) is 6.43. The number of carbonyl (C=O) groups excluding carboxylic acids is 1. The maximum absolute atomic E-state index is 12.7. The molecule has 0 unspecified atom stereocenters. The minimum atomic E-state index is 0.0106. The summed E-state index contributed by atoms with van der Waals surface area (Å²) < 4.78 is 1.45. The van der Waals surface area contributed by atoms with Gasteiger partial charge in [0.1, 0.15) is 12.9 Å². The van der Waals surface area contributed by atoms with Crippen LogP contribution in [0.25, 0.3) is 0 Å². The van der Waals surface area contributed by atoms with Crippen molar-refractivity contribution >= 4 is 17.5 Å². The van der Waals surface area contributed by atoms with Crippen molar-refractivity contribution in [2.24, 2.45) is 0 Å². The highest BCUT2D eigenvalue weighted by molar-refractivity contribution is 6.30. The molecular formula is C16H21ClN6O. The quantitative estimate of drug-likeness (QED) is 0.757. The van der Waals surface area contributed by atoms with Crippen molar-refractivity contribution in [1.82, 2.24) is 30.0 Å². The van der Waals surface area contributed by atoms with Gasteiger partial charge in [0.25, 0.3) is 0 Å². The molecule has 1 saturated heterocycles. The molecule has 0 radical (unpaired) electrons. The van der Waals surface area contributed by atoms with Gasteiger partial charge in [-0.1, -0.05) is 23.7 Å². The fraction of sp³-hybridized carbons (Fsp3) is 0.500. The highest BCUT2D eigenvalue weighted by atomic mass is 35.5. The first-order valence-electron chi connectivity index (χ1n) is 8.16. The van der Waals surface area contributed by atoms with Crippen molar-refractivity contribution in [2.75, 3.05) is 26.2 Å². The number of nitrogens with zero attached hydrogens (tertiary/aromatic N) is 6. The second kappa shape index (κ2) is 8.21. The second-order valence-electron chi connectivity index (χ2n) is 6.00. The predicted molar refractivity (Wildman–Crippen MR) is 90.4 cm³/mol. The molecule has 0 aliphatic carbocycles. The molecule has 7 nitrogen and oxygen atoms in total. The van der Waals surface area contributed by atoms with Crippen molar-refractivity contribution in [2.45, 2.75) is 25.9 Å². The molecule has 0 saturated carbocycles. The van der Waals surface area contributed by atoms with Crippen LogP contribution in [-0.2, 0) is 17.9 Å². The standard InChI is InChI=1S/C16H21ClN6O/c17-15-5-3-14(4-6-15)11-22(10-9-21-7-1-2-8-21)16(24)12-23-13-18-19-20-23/h3-6,13H,1-2,7-12H2. The maximum atomic E-state index is 12.7. The van der Waals surface area contributed by atoms with Crippen LogP contribution in [-0.4, -0.2) is 62.1 Å². The Labute approximate surface area is 146 Å². The van der Waals surface area contributed by atoms with E-state index >= 15 is 0 Å². The molecule has 1 amide bonds. The molecular weight excluding hydrogens is 328 g/mol. The van der Waals surface area contributed by atoms with Gasteiger partial charge in [0.15, 0.2) is 0 Å². The Hall–Kier alpha value is -1.99. The highest BCUT2D eigenvalue weighted by Gasteiger charge is 2.18. The van der Waals surface area contributed by atoms with Gasteiger partial charge in [-0.15, -0.1) is 5.10 Å². The average Bonchev–Trinajstić information content (AvgIpc) is 3.26. The molecule has 24 heavy (non-hydrogen) atoms. The summed E-state index contributed by atoms with van der Waals surface area (Å²) in [6.45, 7) is 4.55. The number of carbonyl (C=O) groups is 1. The van der Waals surface area contributed by atoms with Crippen LogP contribution < -0.4 is 0 Å². The summed E-state index contributed by atoms with van der Waals surface area (Å²) in [5, 5.41) is 11.6. The maximum Gasteiger partial charge on any atom is 0.244 e. The zero-order chi connectivity index (χ0) is 16.8. The smallest absolute Gasteiger partial charge is 0.244 e. The van der Waals surface area contributed by atoms with Crippen LogP contribution in [0.1, 0.15) is 18.4 Å². The minimum absolute atomic E-state index is 0.0106. The van der Waals surface area contributed by atoms with Gasteiger partial charge in [0.2, 0.25) is 5.91 Å². The molecule has 0 N–H and O–H groups in total. The fourth-order valence-corrected chi connectivity index (χ4v) is 2.99. The summed E-state index contributed by atoms with van der Waals surface area (Å²) in [4.78, 5) is 16.9. The van der Waals surface area contributed by atoms with Gasteiger partial charge in [-0.05, 0) is 54.1 Å². The van der Waals surface area contributed by atoms with E-state index in [2.05, 4.69) is 20.4 Å². The Morgan fingerprint density at radius 1 is 1.21 bits per heavy atom. The third-order valence-corrected chi connectivity index (χ3v) is 4.46. The number of rotatable bonds is 7. The third-order valence-electron chi connectivity index (χ3n) is 4.21. The summed E-state index contributed by atoms with van der Waals surface area (Å²) in [6.07, 6.45) is 3.95. The number of halogens is 1. The summed E-state index contributed by atoms with van der Waals surface area (Å²) in [5.41, 5.74) is 1.06. The summed E-state index contributed by atoms with van der Waals surface area (Å²) in [6, 6.07) is 7.60. The van der Waals surface area contributed by atoms with E-state index in [0.717, 1.165) is 25.2 Å². The molecule has 1 aliphatic heterocycles. The number of tetrazole rings is 1. The third kappa shape index (κ3) is 4.75. The van der Waals surface area contributed by atoms with E-state index < -0.39 is 0 Å². The van der Waals surface area contributed by atoms with Gasteiger partial charge in [-0.2, -0.15) is 0 Å². The first-order valence-corrected chi connectivity index (χ1v) is 8.54. The van der Waals surface area contributed by atoms with Gasteiger partial charge in [-0.25, -0.2) is 4.68 Å². The van der Waals surface area contributed by atoms with Crippen LogP contribution in [0.3, 0.4) is 0 Å². The number of hydrogen-bond acceptors (Lipinski definition) is 5. The van der Waals surface area contributed by atoms with Crippen LogP contribution >= 0.6 is 11.6 Å². The largest absolute Gasteiger partial charge is 0.335 e. The Morgan fingerprint density at radius 3 is 2.62 bits per heavy atom. The molecule has 0 atom stereocenters. The number of benzene rings is 1. The number of aromatic nitrogens is 4. The lowest BCUT2D eigenvalue weighted by atomic mass is 10.2. The van der Waals surface area contributed by atoms with Gasteiger partial charge in [0, 0.05) is 24.7 Å². The highest BCUT2D eigenvalue weighted by Crippen LogP contribution is 2.13. The number of amides is 1. The van der Waals surface area contributed by atoms with Gasteiger partial charge < -0.3 is 9.80 Å². The average molecular weight is 349 g/mol. The zero-order valence-electron chi connectivity index (χ0n) is 13.5. The molecule has 1 aromatic heterocycles. The van der Waals surface area contributed by atoms with Crippen LogP contribution in [0, 0.1) is 0 Å². The number of hydrogen-bond donors (Lipinski definition) is 0. The van der Waals surface area contributed by atoms with Crippen molar-refractivity contribution in [3.63, 3.8) is 0 Å². The van der Waals surface area contributed by atoms with E-state index in [1.165, 1.54) is 23.9 Å². The summed E-state index contributed by atoms with van der Waals surface area (Å²) in [7, 11) is 0. The molecule has 2 heterocycles. The molecule has 0 bridgehead atoms. The first kappa shape index (κ1) is 16.9. The van der Waals surface area contributed by atoms with E-state index in [1.54, 1.807) is 0 Å². The van der Waals surface area contributed by atoms with Gasteiger partial charge in [0.05, 0.1) is 0 Å². The summed E-state index contributed by atoms with van der Waals surface area (Å²) in [5.74, 6) is 0.0106. The summed E-state index contributed by atoms with van der Waals surface area (Å²) >= 11 is 5.94. The lowest BCUT2D eigenvalue weighted by Gasteiger charge is -2.25. The SMILES string of the molecule is O=C(Cn1cnnn1)N(CCN1CCCC1)Cc1ccc(Cl)cc1. The Morgan fingerprint density at radius 2 is 1.96 bits per heavy atom. The van der Waals surface area contributed by atoms with Crippen LogP contribution in [0.4, 0.5) is 0 Å². The predicted octanol–water partition coefficient (Wildman–Crippen LogP) is 1.45. The molecule has 1 aliphatic rings. The Kier molecular flexibility index (Phi) is 5.77. The van der Waals surface area contributed by atoms with E-state index in [0.29, 0.717) is 18.1 Å². The van der Waals surface area contributed by atoms with E-state index in [1.807, 2.05) is 29.2 Å². The minimum Gasteiger partial charge on any atom is -0.335 e. The van der Waals surface area contributed by atoms with Crippen molar-refractivity contribution < 1.29 is 4.79 Å². The zero-order valence-corrected chi connectivity index (χ0v) is 14.3. The van der Waals surface area contributed by atoms with E-state index in [4.69, 9.17) is 11.6 Å². The van der Waals surface area contributed by atoms with E-state index in [9.17, 15) is 4.79 Å². The van der Waals surface area contributed by atoms with Gasteiger partial charge in [-0.3, -0.25) is 4.79 Å². The molecule has 8 heteroatoms. The molecule has 1 fully saturated rings. The molecule has 3 rings (SSSR count).